The predicted octanol–water partition coefficient (Wildman–Crippen LogP) is 4.14. The molecule has 118 valence electrons. The van der Waals surface area contributed by atoms with Crippen LogP contribution in [0.5, 0.6) is 5.75 Å². The fourth-order valence-electron chi connectivity index (χ4n) is 3.33. The highest BCUT2D eigenvalue weighted by Crippen LogP contribution is 2.39. The molecule has 0 fully saturated rings. The first-order valence-electron chi connectivity index (χ1n) is 7.97. The first kappa shape index (κ1) is 14.5. The van der Waals surface area contributed by atoms with Gasteiger partial charge in [0.05, 0.1) is 6.04 Å². The van der Waals surface area contributed by atoms with Gasteiger partial charge in [0, 0.05) is 12.1 Å². The summed E-state index contributed by atoms with van der Waals surface area (Å²) in [6.07, 6.45) is 0. The van der Waals surface area contributed by atoms with Gasteiger partial charge in [0.25, 0.3) is 5.91 Å². The number of amides is 1. The van der Waals surface area contributed by atoms with E-state index in [2.05, 4.69) is 0 Å². The molecule has 1 unspecified atom stereocenters. The summed E-state index contributed by atoms with van der Waals surface area (Å²) >= 11 is 0. The lowest BCUT2D eigenvalue weighted by molar-refractivity contribution is 0.0736. The summed E-state index contributed by atoms with van der Waals surface area (Å²) in [5.74, 6) is 0.276. The van der Waals surface area contributed by atoms with Crippen LogP contribution in [0.2, 0.25) is 0 Å². The molecule has 1 heterocycles. The molecule has 3 nitrogen and oxygen atoms in total. The van der Waals surface area contributed by atoms with Gasteiger partial charge in [0.2, 0.25) is 0 Å². The van der Waals surface area contributed by atoms with E-state index in [1.807, 2.05) is 71.6 Å². The largest absolute Gasteiger partial charge is 0.508 e. The zero-order valence-corrected chi connectivity index (χ0v) is 13.1. The first-order valence-corrected chi connectivity index (χ1v) is 7.97. The molecule has 0 bridgehead atoms. The third kappa shape index (κ3) is 2.44. The Morgan fingerprint density at radius 1 is 0.833 bits per heavy atom. The second-order valence-electron chi connectivity index (χ2n) is 6.00. The summed E-state index contributed by atoms with van der Waals surface area (Å²) in [6, 6.07) is 24.7. The summed E-state index contributed by atoms with van der Waals surface area (Å²) in [7, 11) is 0. The van der Waals surface area contributed by atoms with Crippen molar-refractivity contribution in [2.24, 2.45) is 0 Å². The standard InChI is InChI=1S/C21H17NO2/c23-17-12-10-16(11-13-17)20-18-8-4-5-9-19(18)21(24)22(20)14-15-6-2-1-3-7-15/h1-13,20,23H,14H2. The maximum absolute atomic E-state index is 12.9. The van der Waals surface area contributed by atoms with Crippen LogP contribution in [-0.4, -0.2) is 15.9 Å². The molecule has 0 aromatic heterocycles. The van der Waals surface area contributed by atoms with Crippen molar-refractivity contribution in [3.05, 3.63) is 101 Å². The number of rotatable bonds is 3. The molecule has 0 aliphatic carbocycles. The number of fused-ring (bicyclic) bond motifs is 1. The highest BCUT2D eigenvalue weighted by molar-refractivity contribution is 5.99. The third-order valence-corrected chi connectivity index (χ3v) is 4.46. The monoisotopic (exact) mass is 315 g/mol. The number of carbonyl (C=O) groups is 1. The second-order valence-corrected chi connectivity index (χ2v) is 6.00. The number of nitrogens with zero attached hydrogens (tertiary/aromatic N) is 1. The minimum atomic E-state index is -0.130. The molecule has 3 aromatic carbocycles. The van der Waals surface area contributed by atoms with E-state index in [1.54, 1.807) is 12.1 Å². The number of phenols is 1. The minimum Gasteiger partial charge on any atom is -0.508 e. The first-order chi connectivity index (χ1) is 11.7. The summed E-state index contributed by atoms with van der Waals surface area (Å²) in [4.78, 5) is 14.8. The lowest BCUT2D eigenvalue weighted by Crippen LogP contribution is -2.28. The van der Waals surface area contributed by atoms with E-state index in [4.69, 9.17) is 0 Å². The topological polar surface area (TPSA) is 40.5 Å². The van der Waals surface area contributed by atoms with Gasteiger partial charge in [0.1, 0.15) is 5.75 Å². The molecule has 24 heavy (non-hydrogen) atoms. The van der Waals surface area contributed by atoms with Gasteiger partial charge in [-0.3, -0.25) is 4.79 Å². The van der Waals surface area contributed by atoms with E-state index in [1.165, 1.54) is 0 Å². The Bertz CT molecular complexity index is 872. The van der Waals surface area contributed by atoms with Gasteiger partial charge in [-0.05, 0) is 34.9 Å². The zero-order chi connectivity index (χ0) is 16.5. The molecule has 1 aliphatic heterocycles. The lowest BCUT2D eigenvalue weighted by atomic mass is 9.97. The van der Waals surface area contributed by atoms with E-state index in [0.29, 0.717) is 6.54 Å². The number of aromatic hydroxyl groups is 1. The molecule has 3 aromatic rings. The molecule has 3 heteroatoms. The summed E-state index contributed by atoms with van der Waals surface area (Å²) in [5, 5.41) is 9.57. The predicted molar refractivity (Wildman–Crippen MR) is 92.7 cm³/mol. The Morgan fingerprint density at radius 2 is 1.50 bits per heavy atom. The van der Waals surface area contributed by atoms with Crippen molar-refractivity contribution in [3.8, 4) is 5.75 Å². The van der Waals surface area contributed by atoms with Crippen LogP contribution < -0.4 is 0 Å². The van der Waals surface area contributed by atoms with Crippen molar-refractivity contribution in [1.82, 2.24) is 4.90 Å². The van der Waals surface area contributed by atoms with E-state index in [0.717, 1.165) is 22.3 Å². The Balaban J connectivity index is 1.79. The van der Waals surface area contributed by atoms with Crippen molar-refractivity contribution < 1.29 is 9.90 Å². The van der Waals surface area contributed by atoms with Crippen molar-refractivity contribution in [2.45, 2.75) is 12.6 Å². The van der Waals surface area contributed by atoms with Crippen molar-refractivity contribution in [2.75, 3.05) is 0 Å². The molecule has 1 amide bonds. The van der Waals surface area contributed by atoms with E-state index in [9.17, 15) is 9.90 Å². The SMILES string of the molecule is O=C1c2ccccc2C(c2ccc(O)cc2)N1Cc1ccccc1. The van der Waals surface area contributed by atoms with Gasteiger partial charge in [-0.1, -0.05) is 60.7 Å². The molecule has 4 rings (SSSR count). The maximum atomic E-state index is 12.9. The van der Waals surface area contributed by atoms with Crippen LogP contribution >= 0.6 is 0 Å². The second kappa shape index (κ2) is 5.85. The molecule has 0 radical (unpaired) electrons. The molecule has 1 aliphatic rings. The minimum absolute atomic E-state index is 0.0486. The smallest absolute Gasteiger partial charge is 0.255 e. The lowest BCUT2D eigenvalue weighted by Gasteiger charge is -2.26. The zero-order valence-electron chi connectivity index (χ0n) is 13.1. The molecule has 0 saturated carbocycles. The highest BCUT2D eigenvalue weighted by atomic mass is 16.3. The van der Waals surface area contributed by atoms with Crippen LogP contribution in [0.1, 0.15) is 33.1 Å². The normalized spacial score (nSPS) is 16.2. The Hall–Kier alpha value is -3.07. The van der Waals surface area contributed by atoms with Gasteiger partial charge in [0.15, 0.2) is 0 Å². The van der Waals surface area contributed by atoms with Gasteiger partial charge >= 0.3 is 0 Å². The van der Waals surface area contributed by atoms with Gasteiger partial charge < -0.3 is 10.0 Å². The van der Waals surface area contributed by atoms with Crippen LogP contribution in [-0.2, 0) is 6.54 Å². The summed E-state index contributed by atoms with van der Waals surface area (Å²) < 4.78 is 0. The molecule has 0 spiro atoms. The van der Waals surface area contributed by atoms with E-state index in [-0.39, 0.29) is 17.7 Å². The van der Waals surface area contributed by atoms with Gasteiger partial charge in [-0.15, -0.1) is 0 Å². The van der Waals surface area contributed by atoms with Crippen LogP contribution in [0.25, 0.3) is 0 Å². The third-order valence-electron chi connectivity index (χ3n) is 4.46. The Labute approximate surface area is 140 Å². The molecule has 1 N–H and O–H groups in total. The number of hydrogen-bond acceptors (Lipinski definition) is 2. The number of hydrogen-bond donors (Lipinski definition) is 1. The molecule has 1 atom stereocenters. The number of phenolic OH excluding ortho intramolecular Hbond substituents is 1. The summed E-state index contributed by atoms with van der Waals surface area (Å²) in [5.41, 5.74) is 3.88. The average molecular weight is 315 g/mol. The van der Waals surface area contributed by atoms with Crippen LogP contribution in [0.3, 0.4) is 0 Å². The number of benzene rings is 3. The van der Waals surface area contributed by atoms with E-state index >= 15 is 0 Å². The van der Waals surface area contributed by atoms with Crippen molar-refractivity contribution in [3.63, 3.8) is 0 Å². The average Bonchev–Trinajstić information content (AvgIpc) is 2.89. The Morgan fingerprint density at radius 3 is 2.25 bits per heavy atom. The molecular weight excluding hydrogens is 298 g/mol. The van der Waals surface area contributed by atoms with Gasteiger partial charge in [-0.2, -0.15) is 0 Å². The van der Waals surface area contributed by atoms with Crippen molar-refractivity contribution in [1.29, 1.82) is 0 Å². The van der Waals surface area contributed by atoms with Crippen LogP contribution in [0, 0.1) is 0 Å². The number of carbonyl (C=O) groups excluding carboxylic acids is 1. The fourth-order valence-corrected chi connectivity index (χ4v) is 3.33. The van der Waals surface area contributed by atoms with Crippen molar-refractivity contribution >= 4 is 5.91 Å². The van der Waals surface area contributed by atoms with Crippen LogP contribution in [0.15, 0.2) is 78.9 Å². The quantitative estimate of drug-likeness (QED) is 0.789. The maximum Gasteiger partial charge on any atom is 0.255 e. The molecule has 0 saturated heterocycles. The van der Waals surface area contributed by atoms with Crippen LogP contribution in [0.4, 0.5) is 0 Å². The fraction of sp³-hybridized carbons (Fsp3) is 0.0952. The Kier molecular flexibility index (Phi) is 3.54. The van der Waals surface area contributed by atoms with Gasteiger partial charge in [-0.25, -0.2) is 0 Å². The molecular formula is C21H17NO2. The highest BCUT2D eigenvalue weighted by Gasteiger charge is 2.37. The van der Waals surface area contributed by atoms with E-state index < -0.39 is 0 Å². The summed E-state index contributed by atoms with van der Waals surface area (Å²) in [6.45, 7) is 0.555.